The Hall–Kier alpha value is -2.24. The number of methoxy groups -OCH3 is 1. The third-order valence-electron chi connectivity index (χ3n) is 3.46. The van der Waals surface area contributed by atoms with Crippen LogP contribution in [0.4, 0.5) is 4.39 Å². The molecule has 0 fully saturated rings. The number of hydrogen-bond donors (Lipinski definition) is 2. The monoisotopic (exact) mass is 317 g/mol. The first kappa shape index (κ1) is 17.1. The van der Waals surface area contributed by atoms with Crippen molar-refractivity contribution in [3.8, 4) is 11.1 Å². The van der Waals surface area contributed by atoms with E-state index in [9.17, 15) is 14.3 Å². The molecule has 1 amide bonds. The number of amides is 1. The fraction of sp³-hybridized carbons (Fsp3) is 0.278. The van der Waals surface area contributed by atoms with Gasteiger partial charge in [0, 0.05) is 13.7 Å². The minimum atomic E-state index is -0.821. The molecule has 0 radical (unpaired) electrons. The van der Waals surface area contributed by atoms with Crippen molar-refractivity contribution in [3.05, 3.63) is 59.4 Å². The molecule has 0 aliphatic carbocycles. The van der Waals surface area contributed by atoms with Crippen molar-refractivity contribution in [1.29, 1.82) is 0 Å². The Kier molecular flexibility index (Phi) is 5.84. The van der Waals surface area contributed by atoms with Crippen molar-refractivity contribution < 1.29 is 19.0 Å². The molecule has 2 rings (SSSR count). The topological polar surface area (TPSA) is 58.6 Å². The molecule has 0 aromatic heterocycles. The zero-order chi connectivity index (χ0) is 16.8. The molecule has 122 valence electrons. The van der Waals surface area contributed by atoms with Crippen LogP contribution < -0.4 is 5.32 Å². The number of benzene rings is 2. The van der Waals surface area contributed by atoms with E-state index in [0.29, 0.717) is 5.56 Å². The molecule has 0 saturated heterocycles. The number of hydrogen-bond acceptors (Lipinski definition) is 3. The van der Waals surface area contributed by atoms with Crippen LogP contribution in [0.25, 0.3) is 11.1 Å². The largest absolute Gasteiger partial charge is 0.389 e. The summed E-state index contributed by atoms with van der Waals surface area (Å²) in [6.07, 6.45) is -0.821. The van der Waals surface area contributed by atoms with E-state index >= 15 is 0 Å². The number of rotatable bonds is 6. The maximum Gasteiger partial charge on any atom is 0.254 e. The lowest BCUT2D eigenvalue weighted by molar-refractivity contribution is 0.0609. The number of ether oxygens (including phenoxy) is 1. The third-order valence-corrected chi connectivity index (χ3v) is 3.46. The third kappa shape index (κ3) is 4.61. The van der Waals surface area contributed by atoms with E-state index in [1.165, 1.54) is 19.2 Å². The molecular formula is C18H20FNO3. The molecule has 2 N–H and O–H groups in total. The highest BCUT2D eigenvalue weighted by Gasteiger charge is 2.14. The van der Waals surface area contributed by atoms with E-state index in [4.69, 9.17) is 4.74 Å². The molecule has 4 nitrogen and oxygen atoms in total. The lowest BCUT2D eigenvalue weighted by atomic mass is 10.0. The lowest BCUT2D eigenvalue weighted by Gasteiger charge is -2.11. The van der Waals surface area contributed by atoms with Gasteiger partial charge >= 0.3 is 0 Å². The molecule has 2 aromatic rings. The van der Waals surface area contributed by atoms with Crippen molar-refractivity contribution >= 4 is 5.91 Å². The summed E-state index contributed by atoms with van der Waals surface area (Å²) in [5.74, 6) is -1.16. The van der Waals surface area contributed by atoms with E-state index in [1.807, 2.05) is 31.2 Å². The minimum absolute atomic E-state index is 0.00578. The van der Waals surface area contributed by atoms with Gasteiger partial charge in [-0.2, -0.15) is 0 Å². The van der Waals surface area contributed by atoms with Crippen LogP contribution in [0.5, 0.6) is 0 Å². The van der Waals surface area contributed by atoms with Crippen molar-refractivity contribution in [3.63, 3.8) is 0 Å². The Balaban J connectivity index is 2.09. The molecule has 0 aliphatic heterocycles. The first-order chi connectivity index (χ1) is 11.0. The summed E-state index contributed by atoms with van der Waals surface area (Å²) in [5.41, 5.74) is 2.67. The van der Waals surface area contributed by atoms with Crippen LogP contribution in [0.15, 0.2) is 42.5 Å². The molecule has 0 aliphatic rings. The maximum absolute atomic E-state index is 14.2. The van der Waals surface area contributed by atoms with Crippen LogP contribution in [0.3, 0.4) is 0 Å². The molecule has 0 spiro atoms. The van der Waals surface area contributed by atoms with Crippen molar-refractivity contribution in [2.24, 2.45) is 0 Å². The van der Waals surface area contributed by atoms with E-state index in [1.54, 1.807) is 6.07 Å². The highest BCUT2D eigenvalue weighted by atomic mass is 19.1. The second-order valence-electron chi connectivity index (χ2n) is 5.38. The summed E-state index contributed by atoms with van der Waals surface area (Å²) in [6, 6.07) is 12.2. The molecule has 0 heterocycles. The summed E-state index contributed by atoms with van der Waals surface area (Å²) >= 11 is 0. The summed E-state index contributed by atoms with van der Waals surface area (Å²) in [6.45, 7) is 2.09. The van der Waals surface area contributed by atoms with Gasteiger partial charge in [0.1, 0.15) is 5.82 Å². The average Bonchev–Trinajstić information content (AvgIpc) is 2.53. The van der Waals surface area contributed by atoms with Crippen molar-refractivity contribution in [1.82, 2.24) is 5.32 Å². The molecule has 1 unspecified atom stereocenters. The highest BCUT2D eigenvalue weighted by Crippen LogP contribution is 2.22. The van der Waals surface area contributed by atoms with Gasteiger partial charge in [-0.15, -0.1) is 0 Å². The molecule has 5 heteroatoms. The molecule has 1 atom stereocenters. The number of nitrogens with one attached hydrogen (secondary N) is 1. The fourth-order valence-corrected chi connectivity index (χ4v) is 2.18. The number of aliphatic hydroxyl groups excluding tert-OH is 1. The average molecular weight is 317 g/mol. The number of aryl methyl sites for hydroxylation is 1. The van der Waals surface area contributed by atoms with Gasteiger partial charge in [-0.05, 0) is 30.2 Å². The summed E-state index contributed by atoms with van der Waals surface area (Å²) < 4.78 is 19.0. The number of halogens is 1. The van der Waals surface area contributed by atoms with Gasteiger partial charge in [0.15, 0.2) is 0 Å². The normalized spacial score (nSPS) is 12.0. The molecule has 0 bridgehead atoms. The first-order valence-corrected chi connectivity index (χ1v) is 7.33. The number of aliphatic hydroxyl groups is 1. The zero-order valence-corrected chi connectivity index (χ0v) is 13.2. The van der Waals surface area contributed by atoms with Crippen LogP contribution in [0, 0.1) is 12.7 Å². The Morgan fingerprint density at radius 2 is 1.87 bits per heavy atom. The van der Waals surface area contributed by atoms with E-state index in [2.05, 4.69) is 5.32 Å². The maximum atomic E-state index is 14.2. The Morgan fingerprint density at radius 3 is 2.48 bits per heavy atom. The Morgan fingerprint density at radius 1 is 1.22 bits per heavy atom. The van der Waals surface area contributed by atoms with Crippen molar-refractivity contribution in [2.75, 3.05) is 20.3 Å². The molecule has 0 saturated carbocycles. The lowest BCUT2D eigenvalue weighted by Crippen LogP contribution is -2.34. The smallest absolute Gasteiger partial charge is 0.254 e. The number of carbonyl (C=O) groups excluding carboxylic acids is 1. The van der Waals surface area contributed by atoms with E-state index in [0.717, 1.165) is 11.1 Å². The van der Waals surface area contributed by atoms with Gasteiger partial charge in [0.25, 0.3) is 5.91 Å². The number of carbonyl (C=O) groups is 1. The highest BCUT2D eigenvalue weighted by molar-refractivity contribution is 5.95. The van der Waals surface area contributed by atoms with Crippen LogP contribution in [-0.4, -0.2) is 37.4 Å². The summed E-state index contributed by atoms with van der Waals surface area (Å²) in [4.78, 5) is 12.0. The Bertz CT molecular complexity index is 670. The van der Waals surface area contributed by atoms with E-state index in [-0.39, 0.29) is 18.7 Å². The van der Waals surface area contributed by atoms with Gasteiger partial charge in [0.05, 0.1) is 18.3 Å². The second-order valence-corrected chi connectivity index (χ2v) is 5.38. The summed E-state index contributed by atoms with van der Waals surface area (Å²) in [7, 11) is 1.45. The van der Waals surface area contributed by atoms with Crippen LogP contribution in [0.2, 0.25) is 0 Å². The minimum Gasteiger partial charge on any atom is -0.389 e. The Labute approximate surface area is 134 Å². The van der Waals surface area contributed by atoms with Crippen LogP contribution in [-0.2, 0) is 4.74 Å². The second kappa shape index (κ2) is 7.85. The van der Waals surface area contributed by atoms with Crippen LogP contribution >= 0.6 is 0 Å². The quantitative estimate of drug-likeness (QED) is 0.861. The van der Waals surface area contributed by atoms with E-state index < -0.39 is 17.8 Å². The van der Waals surface area contributed by atoms with Crippen LogP contribution in [0.1, 0.15) is 15.9 Å². The van der Waals surface area contributed by atoms with Gasteiger partial charge in [0.2, 0.25) is 0 Å². The standard InChI is InChI=1S/C18H20FNO3/c1-12-3-5-13(6-4-12)14-7-8-16(17(19)9-14)18(22)20-10-15(21)11-23-2/h3-9,15,21H,10-11H2,1-2H3,(H,20,22). The zero-order valence-electron chi connectivity index (χ0n) is 13.2. The van der Waals surface area contributed by atoms with Crippen molar-refractivity contribution in [2.45, 2.75) is 13.0 Å². The van der Waals surface area contributed by atoms with Gasteiger partial charge in [-0.3, -0.25) is 4.79 Å². The predicted octanol–water partition coefficient (Wildman–Crippen LogP) is 2.54. The predicted molar refractivity (Wildman–Crippen MR) is 86.8 cm³/mol. The van der Waals surface area contributed by atoms with Gasteiger partial charge in [-0.25, -0.2) is 4.39 Å². The fourth-order valence-electron chi connectivity index (χ4n) is 2.18. The SMILES string of the molecule is COCC(O)CNC(=O)c1ccc(-c2ccc(C)cc2)cc1F. The summed E-state index contributed by atoms with van der Waals surface area (Å²) in [5, 5.41) is 12.0. The van der Waals surface area contributed by atoms with Gasteiger partial charge < -0.3 is 15.2 Å². The van der Waals surface area contributed by atoms with Gasteiger partial charge in [-0.1, -0.05) is 35.9 Å². The molecule has 2 aromatic carbocycles. The molecular weight excluding hydrogens is 297 g/mol. The molecule has 23 heavy (non-hydrogen) atoms. The first-order valence-electron chi connectivity index (χ1n) is 7.33.